The van der Waals surface area contributed by atoms with Crippen molar-refractivity contribution in [3.63, 3.8) is 0 Å². The fourth-order valence-electron chi connectivity index (χ4n) is 17.0. The van der Waals surface area contributed by atoms with Gasteiger partial charge in [0.05, 0.1) is 22.7 Å². The average molecular weight is 1250 g/mol. The van der Waals surface area contributed by atoms with E-state index in [1.807, 2.05) is 0 Å². The van der Waals surface area contributed by atoms with E-state index in [9.17, 15) is 0 Å². The third-order valence-corrected chi connectivity index (χ3v) is 21.1. The summed E-state index contributed by atoms with van der Waals surface area (Å²) in [5, 5.41) is 45.1. The molecule has 0 radical (unpaired) electrons. The molecule has 2 aliphatic rings. The van der Waals surface area contributed by atoms with Crippen LogP contribution in [0.25, 0.3) is 175 Å². The van der Waals surface area contributed by atoms with E-state index in [0.29, 0.717) is 0 Å². The Hall–Kier alpha value is -10.3. The van der Waals surface area contributed by atoms with Gasteiger partial charge in [-0.3, -0.25) is 0 Å². The van der Waals surface area contributed by atoms with Crippen molar-refractivity contribution in [1.82, 2.24) is 0 Å². The van der Waals surface area contributed by atoms with E-state index in [2.05, 4.69) is 269 Å². The first-order valence-electron chi connectivity index (χ1n) is 35.8. The van der Waals surface area contributed by atoms with Crippen LogP contribution in [0.5, 0.6) is 0 Å². The highest BCUT2D eigenvalue weighted by atomic mass is 14.9. The van der Waals surface area contributed by atoms with E-state index in [-0.39, 0.29) is 0 Å². The summed E-state index contributed by atoms with van der Waals surface area (Å²) < 4.78 is 0. The predicted molar refractivity (Wildman–Crippen MR) is 422 cm³/mol. The standard InChI is InChI=1S/C90H84N6/c1-9-43-91-73-49-71(53-31-27-51(7)28-32-53)87(93-45-11-3)81-63-23-15-19-59-55(35-39-67(75(59)63)79(73)81)57-37-41-69-77-61(57)21-17-25-65(77)83-85(69)90(96-48-14-6)86-70-42-38-58(62-22-18-26-66(78(62)70)84(86)89(83)95-47-13-5)56-36-40-68-76-60(56)20-16-24-64(76)82-80(68)74(92-44-10-2)50-72(88(82)94-46-12-4)54-33-29-52(8)30-34-54/h15-42,49-50,91-96H,9-14,43-48H2,1-8H3. The third-order valence-electron chi connectivity index (χ3n) is 21.1. The number of aryl methyl sites for hydroxylation is 2. The summed E-state index contributed by atoms with van der Waals surface area (Å²) in [6.45, 7) is 23.3. The highest BCUT2D eigenvalue weighted by Crippen LogP contribution is 2.61. The molecule has 15 aromatic rings. The lowest BCUT2D eigenvalue weighted by Crippen LogP contribution is -2.07. The summed E-state index contributed by atoms with van der Waals surface area (Å²) in [6, 6.07) is 70.9. The van der Waals surface area contributed by atoms with Crippen LogP contribution in [0.15, 0.2) is 182 Å². The second kappa shape index (κ2) is 23.9. The Morgan fingerprint density at radius 1 is 0.219 bits per heavy atom. The van der Waals surface area contributed by atoms with Crippen molar-refractivity contribution in [2.24, 2.45) is 0 Å². The summed E-state index contributed by atoms with van der Waals surface area (Å²) >= 11 is 0. The molecule has 0 heterocycles. The second-order valence-corrected chi connectivity index (χ2v) is 27.3. The average Bonchev–Trinajstić information content (AvgIpc) is 1.52. The summed E-state index contributed by atoms with van der Waals surface area (Å²) in [4.78, 5) is 0. The Kier molecular flexibility index (Phi) is 14.8. The molecule has 6 nitrogen and oxygen atoms in total. The largest absolute Gasteiger partial charge is 0.385 e. The summed E-state index contributed by atoms with van der Waals surface area (Å²) in [5.41, 5.74) is 30.2. The van der Waals surface area contributed by atoms with Crippen LogP contribution in [-0.4, -0.2) is 39.3 Å². The maximum absolute atomic E-state index is 4.19. The topological polar surface area (TPSA) is 72.2 Å². The summed E-state index contributed by atoms with van der Waals surface area (Å²) in [7, 11) is 0. The lowest BCUT2D eigenvalue weighted by atomic mass is 9.90. The van der Waals surface area contributed by atoms with Crippen molar-refractivity contribution in [1.29, 1.82) is 0 Å². The molecule has 0 unspecified atom stereocenters. The molecule has 2 aliphatic carbocycles. The number of benzene rings is 13. The van der Waals surface area contributed by atoms with Crippen molar-refractivity contribution in [3.05, 3.63) is 193 Å². The van der Waals surface area contributed by atoms with E-state index >= 15 is 0 Å². The fraction of sp³-hybridized carbons (Fsp3) is 0.222. The van der Waals surface area contributed by atoms with Gasteiger partial charge < -0.3 is 31.9 Å². The van der Waals surface area contributed by atoms with E-state index < -0.39 is 0 Å². The smallest absolute Gasteiger partial charge is 0.0514 e. The van der Waals surface area contributed by atoms with Crippen LogP contribution in [0, 0.1) is 13.8 Å². The van der Waals surface area contributed by atoms with Gasteiger partial charge in [-0.2, -0.15) is 0 Å². The first-order chi connectivity index (χ1) is 47.3. The van der Waals surface area contributed by atoms with Gasteiger partial charge in [0.25, 0.3) is 0 Å². The number of hydrogen-bond donors (Lipinski definition) is 6. The van der Waals surface area contributed by atoms with Gasteiger partial charge in [-0.15, -0.1) is 0 Å². The van der Waals surface area contributed by atoms with Crippen LogP contribution in [0.4, 0.5) is 34.1 Å². The Labute approximate surface area is 564 Å². The van der Waals surface area contributed by atoms with Crippen molar-refractivity contribution >= 4 is 120 Å². The molecular formula is C90H84N6. The molecule has 0 saturated heterocycles. The van der Waals surface area contributed by atoms with Gasteiger partial charge >= 0.3 is 0 Å². The lowest BCUT2D eigenvalue weighted by molar-refractivity contribution is 0.977. The monoisotopic (exact) mass is 1250 g/mol. The Bertz CT molecular complexity index is 5220. The highest BCUT2D eigenvalue weighted by Gasteiger charge is 2.34. The van der Waals surface area contributed by atoms with Gasteiger partial charge in [-0.05, 0) is 185 Å². The highest BCUT2D eigenvalue weighted by molar-refractivity contribution is 6.47. The SMILES string of the molecule is CCCNc1cc(-c2ccc(C)cc2)c(NCCC)c2c1-c1ccc(-c3ccc4c5c(NCCC)c6c7ccc(-c8ccc9c%10c(cccc8%10)-c8c(NCCC)c(-c%10ccc(C)cc%10)cc(NCCC)c8-9)c8cccc(c6c(NCCC)c5c5cccc3c54)c87)c3cccc-2c13. The lowest BCUT2D eigenvalue weighted by Gasteiger charge is -2.21. The van der Waals surface area contributed by atoms with Crippen molar-refractivity contribution in [2.75, 3.05) is 71.2 Å². The van der Waals surface area contributed by atoms with Gasteiger partial charge in [0.1, 0.15) is 0 Å². The summed E-state index contributed by atoms with van der Waals surface area (Å²) in [6.07, 6.45) is 6.16. The van der Waals surface area contributed by atoms with Crippen LogP contribution in [0.2, 0.25) is 0 Å². The van der Waals surface area contributed by atoms with Crippen LogP contribution in [0.1, 0.15) is 91.2 Å². The minimum atomic E-state index is 0.859. The van der Waals surface area contributed by atoms with E-state index in [4.69, 9.17) is 0 Å². The second-order valence-electron chi connectivity index (χ2n) is 27.3. The molecule has 6 heteroatoms. The van der Waals surface area contributed by atoms with E-state index in [1.54, 1.807) is 0 Å². The Morgan fingerprint density at radius 3 is 0.865 bits per heavy atom. The van der Waals surface area contributed by atoms with E-state index in [1.165, 1.54) is 220 Å². The molecule has 96 heavy (non-hydrogen) atoms. The zero-order chi connectivity index (χ0) is 65.0. The van der Waals surface area contributed by atoms with Crippen molar-refractivity contribution in [2.45, 2.75) is 93.9 Å². The maximum atomic E-state index is 4.19. The van der Waals surface area contributed by atoms with Crippen LogP contribution >= 0.6 is 0 Å². The molecule has 474 valence electrons. The zero-order valence-corrected chi connectivity index (χ0v) is 56.8. The quantitative estimate of drug-likeness (QED) is 0.0380. The minimum Gasteiger partial charge on any atom is -0.385 e. The predicted octanol–water partition coefficient (Wildman–Crippen LogP) is 25.3. The molecule has 0 bridgehead atoms. The molecule has 0 spiro atoms. The van der Waals surface area contributed by atoms with Crippen LogP contribution in [-0.2, 0) is 0 Å². The van der Waals surface area contributed by atoms with Gasteiger partial charge in [-0.25, -0.2) is 0 Å². The Balaban J connectivity index is 0.864. The number of rotatable bonds is 22. The van der Waals surface area contributed by atoms with Crippen molar-refractivity contribution in [3.8, 4) is 89.0 Å². The molecule has 6 N–H and O–H groups in total. The molecule has 0 fully saturated rings. The number of nitrogens with one attached hydrogen (secondary N) is 6. The van der Waals surface area contributed by atoms with Crippen LogP contribution in [0.3, 0.4) is 0 Å². The minimum absolute atomic E-state index is 0.859. The molecule has 17 rings (SSSR count). The molecule has 15 aromatic carbocycles. The maximum Gasteiger partial charge on any atom is 0.0514 e. The zero-order valence-electron chi connectivity index (χ0n) is 56.8. The first-order valence-corrected chi connectivity index (χ1v) is 35.8. The van der Waals surface area contributed by atoms with Crippen molar-refractivity contribution < 1.29 is 0 Å². The van der Waals surface area contributed by atoms with E-state index in [0.717, 1.165) is 77.8 Å². The molecule has 0 aromatic heterocycles. The molecular weight excluding hydrogens is 1170 g/mol. The third kappa shape index (κ3) is 8.89. The first kappa shape index (κ1) is 59.4. The van der Waals surface area contributed by atoms with Gasteiger partial charge in [0, 0.05) is 106 Å². The van der Waals surface area contributed by atoms with Gasteiger partial charge in [-0.1, -0.05) is 223 Å². The molecule has 0 saturated carbocycles. The molecule has 0 amide bonds. The van der Waals surface area contributed by atoms with Gasteiger partial charge in [0.2, 0.25) is 0 Å². The summed E-state index contributed by atoms with van der Waals surface area (Å²) in [5.74, 6) is 0. The normalized spacial score (nSPS) is 12.2. The number of fused-ring (bicyclic) bond motifs is 12. The number of hydrogen-bond acceptors (Lipinski definition) is 6. The molecule has 0 atom stereocenters. The van der Waals surface area contributed by atoms with Crippen LogP contribution < -0.4 is 31.9 Å². The van der Waals surface area contributed by atoms with Gasteiger partial charge in [0.15, 0.2) is 0 Å². The fourth-order valence-corrected chi connectivity index (χ4v) is 17.0. The Morgan fingerprint density at radius 2 is 0.500 bits per heavy atom. The number of anilines is 6. The molecule has 0 aliphatic heterocycles.